The van der Waals surface area contributed by atoms with Gasteiger partial charge in [-0.2, -0.15) is 0 Å². The highest BCUT2D eigenvalue weighted by Gasteiger charge is 2.25. The van der Waals surface area contributed by atoms with E-state index in [0.29, 0.717) is 6.42 Å². The van der Waals surface area contributed by atoms with E-state index in [2.05, 4.69) is 5.32 Å². The third kappa shape index (κ3) is 4.65. The van der Waals surface area contributed by atoms with Gasteiger partial charge in [0.05, 0.1) is 0 Å². The van der Waals surface area contributed by atoms with Gasteiger partial charge in [-0.25, -0.2) is 0 Å². The maximum Gasteiger partial charge on any atom is 0.225 e. The van der Waals surface area contributed by atoms with Crippen molar-refractivity contribution < 1.29 is 9.59 Å². The smallest absolute Gasteiger partial charge is 0.225 e. The fourth-order valence-corrected chi connectivity index (χ4v) is 1.25. The van der Waals surface area contributed by atoms with Gasteiger partial charge >= 0.3 is 0 Å². The zero-order valence-corrected chi connectivity index (χ0v) is 8.72. The first-order valence-corrected chi connectivity index (χ1v) is 4.70. The van der Waals surface area contributed by atoms with Crippen molar-refractivity contribution in [2.24, 2.45) is 5.41 Å². The van der Waals surface area contributed by atoms with Gasteiger partial charge in [0.1, 0.15) is 6.29 Å². The minimum Gasteiger partial charge on any atom is -0.359 e. The summed E-state index contributed by atoms with van der Waals surface area (Å²) in [5, 5.41) is 2.64. The van der Waals surface area contributed by atoms with Gasteiger partial charge < -0.3 is 10.1 Å². The van der Waals surface area contributed by atoms with Crippen molar-refractivity contribution in [3.8, 4) is 0 Å². The molecule has 0 saturated heterocycles. The highest BCUT2D eigenvalue weighted by Crippen LogP contribution is 2.23. The molecule has 0 rings (SSSR count). The third-order valence-corrected chi connectivity index (χ3v) is 2.22. The minimum atomic E-state index is -0.308. The van der Waals surface area contributed by atoms with Crippen molar-refractivity contribution in [1.82, 2.24) is 5.32 Å². The summed E-state index contributed by atoms with van der Waals surface area (Å²) in [7, 11) is 1.65. The van der Waals surface area contributed by atoms with Crippen LogP contribution in [0.2, 0.25) is 0 Å². The minimum absolute atomic E-state index is 0.0682. The van der Waals surface area contributed by atoms with Crippen molar-refractivity contribution in [1.29, 1.82) is 0 Å². The lowest BCUT2D eigenvalue weighted by atomic mass is 9.86. The van der Waals surface area contributed by atoms with Crippen molar-refractivity contribution in [2.45, 2.75) is 39.5 Å². The molecule has 3 heteroatoms. The number of nitrogens with one attached hydrogen (secondary N) is 1. The number of carbonyl (C=O) groups is 2. The molecular formula is C10H19NO2. The molecule has 3 nitrogen and oxygen atoms in total. The highest BCUT2D eigenvalue weighted by atomic mass is 16.2. The summed E-state index contributed by atoms with van der Waals surface area (Å²) in [6.45, 7) is 3.85. The zero-order valence-electron chi connectivity index (χ0n) is 8.72. The van der Waals surface area contributed by atoms with Gasteiger partial charge in [-0.3, -0.25) is 4.79 Å². The van der Waals surface area contributed by atoms with E-state index in [-0.39, 0.29) is 11.3 Å². The Balaban J connectivity index is 3.75. The normalized spacial score (nSPS) is 11.0. The molecule has 76 valence electrons. The van der Waals surface area contributed by atoms with Crippen LogP contribution in [-0.4, -0.2) is 19.2 Å². The van der Waals surface area contributed by atoms with Crippen LogP contribution in [0.25, 0.3) is 0 Å². The van der Waals surface area contributed by atoms with Crippen LogP contribution in [0.4, 0.5) is 0 Å². The average Bonchev–Trinajstić information content (AvgIpc) is 2.11. The molecule has 0 aliphatic rings. The molecule has 0 aliphatic heterocycles. The first-order valence-electron chi connectivity index (χ1n) is 4.70. The molecule has 0 heterocycles. The Morgan fingerprint density at radius 1 is 1.38 bits per heavy atom. The summed E-state index contributed by atoms with van der Waals surface area (Å²) in [4.78, 5) is 21.4. The lowest BCUT2D eigenvalue weighted by molar-refractivity contribution is -0.129. The van der Waals surface area contributed by atoms with Crippen LogP contribution in [0.1, 0.15) is 39.5 Å². The molecular weight excluding hydrogens is 166 g/mol. The van der Waals surface area contributed by atoms with Gasteiger partial charge in [0, 0.05) is 18.9 Å². The van der Waals surface area contributed by atoms with Crippen LogP contribution in [0.3, 0.4) is 0 Å². The van der Waals surface area contributed by atoms with Gasteiger partial charge in [0.25, 0.3) is 0 Å². The fraction of sp³-hybridized carbons (Fsp3) is 0.800. The number of aldehydes is 1. The standard InChI is InChI=1S/C10H19NO2/c1-10(2,9(13)11-3)7-5-4-6-8-12/h8H,4-7H2,1-3H3,(H,11,13). The second kappa shape index (κ2) is 5.73. The fourth-order valence-electron chi connectivity index (χ4n) is 1.25. The van der Waals surface area contributed by atoms with Gasteiger partial charge in [0.2, 0.25) is 5.91 Å². The molecule has 0 aliphatic carbocycles. The molecule has 0 radical (unpaired) electrons. The topological polar surface area (TPSA) is 46.2 Å². The molecule has 0 fully saturated rings. The predicted molar refractivity (Wildman–Crippen MR) is 52.4 cm³/mol. The molecule has 0 unspecified atom stereocenters. The van der Waals surface area contributed by atoms with E-state index >= 15 is 0 Å². The van der Waals surface area contributed by atoms with Crippen LogP contribution in [0.5, 0.6) is 0 Å². The molecule has 0 atom stereocenters. The van der Waals surface area contributed by atoms with Crippen molar-refractivity contribution in [2.75, 3.05) is 7.05 Å². The van der Waals surface area contributed by atoms with E-state index < -0.39 is 0 Å². The van der Waals surface area contributed by atoms with Gasteiger partial charge in [-0.15, -0.1) is 0 Å². The van der Waals surface area contributed by atoms with Crippen LogP contribution in [0, 0.1) is 5.41 Å². The first kappa shape index (κ1) is 12.1. The Hall–Kier alpha value is -0.860. The molecule has 0 aromatic rings. The second-order valence-corrected chi connectivity index (χ2v) is 3.88. The molecule has 0 saturated carbocycles. The summed E-state index contributed by atoms with van der Waals surface area (Å²) >= 11 is 0. The van der Waals surface area contributed by atoms with Crippen LogP contribution in [0.15, 0.2) is 0 Å². The number of hydrogen-bond donors (Lipinski definition) is 1. The third-order valence-electron chi connectivity index (χ3n) is 2.22. The number of carbonyl (C=O) groups excluding carboxylic acids is 2. The van der Waals surface area contributed by atoms with E-state index in [1.165, 1.54) is 0 Å². The maximum absolute atomic E-state index is 11.3. The first-order chi connectivity index (χ1) is 6.04. The highest BCUT2D eigenvalue weighted by molar-refractivity contribution is 5.81. The molecule has 0 bridgehead atoms. The van der Waals surface area contributed by atoms with E-state index in [0.717, 1.165) is 25.5 Å². The zero-order chi connectivity index (χ0) is 10.3. The van der Waals surface area contributed by atoms with Crippen LogP contribution >= 0.6 is 0 Å². The number of unbranched alkanes of at least 4 members (excludes halogenated alkanes) is 2. The van der Waals surface area contributed by atoms with E-state index in [4.69, 9.17) is 0 Å². The molecule has 13 heavy (non-hydrogen) atoms. The summed E-state index contributed by atoms with van der Waals surface area (Å²) < 4.78 is 0. The number of hydrogen-bond acceptors (Lipinski definition) is 2. The van der Waals surface area contributed by atoms with Crippen LogP contribution < -0.4 is 5.32 Å². The van der Waals surface area contributed by atoms with Gasteiger partial charge in [-0.05, 0) is 12.8 Å². The molecule has 0 aromatic heterocycles. The van der Waals surface area contributed by atoms with Crippen LogP contribution in [-0.2, 0) is 9.59 Å². The van der Waals surface area contributed by atoms with Crippen molar-refractivity contribution >= 4 is 12.2 Å². The average molecular weight is 185 g/mol. The number of amides is 1. The molecule has 0 aromatic carbocycles. The summed E-state index contributed by atoms with van der Waals surface area (Å²) in [6.07, 6.45) is 4.17. The monoisotopic (exact) mass is 185 g/mol. The lowest BCUT2D eigenvalue weighted by Crippen LogP contribution is -2.34. The Morgan fingerprint density at radius 3 is 2.46 bits per heavy atom. The molecule has 1 amide bonds. The SMILES string of the molecule is CNC(=O)C(C)(C)CCCCC=O. The van der Waals surface area contributed by atoms with E-state index in [1.807, 2.05) is 13.8 Å². The van der Waals surface area contributed by atoms with E-state index in [9.17, 15) is 9.59 Å². The lowest BCUT2D eigenvalue weighted by Gasteiger charge is -2.21. The quantitative estimate of drug-likeness (QED) is 0.503. The Kier molecular flexibility index (Phi) is 5.35. The van der Waals surface area contributed by atoms with Gasteiger partial charge in [0.15, 0.2) is 0 Å². The van der Waals surface area contributed by atoms with Crippen molar-refractivity contribution in [3.63, 3.8) is 0 Å². The van der Waals surface area contributed by atoms with Crippen molar-refractivity contribution in [3.05, 3.63) is 0 Å². The largest absolute Gasteiger partial charge is 0.359 e. The summed E-state index contributed by atoms with van der Waals surface area (Å²) in [5.74, 6) is 0.0682. The predicted octanol–water partition coefficient (Wildman–Crippen LogP) is 1.52. The summed E-state index contributed by atoms with van der Waals surface area (Å²) in [6, 6.07) is 0. The van der Waals surface area contributed by atoms with Gasteiger partial charge in [-0.1, -0.05) is 20.3 Å². The number of rotatable bonds is 6. The molecule has 0 spiro atoms. The Bertz CT molecular complexity index is 176. The Labute approximate surface area is 79.9 Å². The maximum atomic E-state index is 11.3. The Morgan fingerprint density at radius 2 is 2.00 bits per heavy atom. The molecule has 1 N–H and O–H groups in total. The second-order valence-electron chi connectivity index (χ2n) is 3.88. The summed E-state index contributed by atoms with van der Waals surface area (Å²) in [5.41, 5.74) is -0.308. The van der Waals surface area contributed by atoms with E-state index in [1.54, 1.807) is 7.05 Å².